The molecule has 1 aromatic carbocycles. The summed E-state index contributed by atoms with van der Waals surface area (Å²) >= 11 is 0. The summed E-state index contributed by atoms with van der Waals surface area (Å²) in [6, 6.07) is 11.2. The van der Waals surface area contributed by atoms with Crippen LogP contribution in [0.3, 0.4) is 0 Å². The Morgan fingerprint density at radius 1 is 1.16 bits per heavy atom. The van der Waals surface area contributed by atoms with Gasteiger partial charge in [0.05, 0.1) is 12.2 Å². The molecular formula is C20H24N4O. The van der Waals surface area contributed by atoms with E-state index in [1.807, 2.05) is 0 Å². The van der Waals surface area contributed by atoms with E-state index in [4.69, 9.17) is 0 Å². The van der Waals surface area contributed by atoms with E-state index in [-0.39, 0.29) is 11.9 Å². The van der Waals surface area contributed by atoms with Crippen molar-refractivity contribution < 1.29 is 4.79 Å². The van der Waals surface area contributed by atoms with Gasteiger partial charge in [-0.2, -0.15) is 0 Å². The summed E-state index contributed by atoms with van der Waals surface area (Å²) in [5.41, 5.74) is 1.77. The number of amides is 1. The van der Waals surface area contributed by atoms with Crippen molar-refractivity contribution in [1.82, 2.24) is 19.8 Å². The zero-order chi connectivity index (χ0) is 17.2. The maximum absolute atomic E-state index is 13.2. The molecule has 0 saturated carbocycles. The molecule has 5 nitrogen and oxygen atoms in total. The van der Waals surface area contributed by atoms with E-state index in [1.54, 1.807) is 18.6 Å². The van der Waals surface area contributed by atoms with Crippen LogP contribution in [0.2, 0.25) is 0 Å². The molecule has 3 heterocycles. The predicted octanol–water partition coefficient (Wildman–Crippen LogP) is 2.57. The number of likely N-dealkylation sites (tertiary alicyclic amines) is 2. The highest BCUT2D eigenvalue weighted by Gasteiger charge is 2.46. The zero-order valence-corrected chi connectivity index (χ0v) is 14.6. The molecule has 2 aliphatic rings. The maximum Gasteiger partial charge on any atom is 0.274 e. The van der Waals surface area contributed by atoms with Gasteiger partial charge in [-0.3, -0.25) is 9.78 Å². The fourth-order valence-corrected chi connectivity index (χ4v) is 4.48. The van der Waals surface area contributed by atoms with E-state index in [0.29, 0.717) is 17.7 Å². The Morgan fingerprint density at radius 2 is 2.00 bits per heavy atom. The topological polar surface area (TPSA) is 49.3 Å². The van der Waals surface area contributed by atoms with Crippen molar-refractivity contribution in [2.75, 3.05) is 20.1 Å². The number of carbonyl (C=O) groups excluding carboxylic acids is 1. The second kappa shape index (κ2) is 6.92. The Kier molecular flexibility index (Phi) is 4.49. The molecule has 3 atom stereocenters. The normalized spacial score (nSPS) is 26.9. The molecule has 0 unspecified atom stereocenters. The number of benzene rings is 1. The predicted molar refractivity (Wildman–Crippen MR) is 96.3 cm³/mol. The summed E-state index contributed by atoms with van der Waals surface area (Å²) in [5.74, 6) is 0.358. The summed E-state index contributed by atoms with van der Waals surface area (Å²) in [5, 5.41) is 0. The molecular weight excluding hydrogens is 312 g/mol. The lowest BCUT2D eigenvalue weighted by atomic mass is 9.89. The summed E-state index contributed by atoms with van der Waals surface area (Å²) < 4.78 is 0. The fraction of sp³-hybridized carbons (Fsp3) is 0.450. The van der Waals surface area contributed by atoms with Crippen LogP contribution in [-0.2, 0) is 0 Å². The highest BCUT2D eigenvalue weighted by molar-refractivity contribution is 5.92. The first-order valence-electron chi connectivity index (χ1n) is 9.08. The second-order valence-electron chi connectivity index (χ2n) is 7.10. The van der Waals surface area contributed by atoms with Gasteiger partial charge in [-0.05, 0) is 25.5 Å². The van der Waals surface area contributed by atoms with E-state index in [9.17, 15) is 4.79 Å². The van der Waals surface area contributed by atoms with Crippen molar-refractivity contribution in [3.63, 3.8) is 0 Å². The number of hydrogen-bond acceptors (Lipinski definition) is 4. The molecule has 2 fully saturated rings. The number of rotatable bonds is 2. The van der Waals surface area contributed by atoms with Crippen LogP contribution in [0.25, 0.3) is 0 Å². The lowest BCUT2D eigenvalue weighted by Gasteiger charge is -2.35. The van der Waals surface area contributed by atoms with Crippen LogP contribution in [0.1, 0.15) is 41.2 Å². The smallest absolute Gasteiger partial charge is 0.274 e. The van der Waals surface area contributed by atoms with Crippen LogP contribution in [0.15, 0.2) is 48.9 Å². The molecule has 0 aliphatic carbocycles. The minimum Gasteiger partial charge on any atom is -0.332 e. The first kappa shape index (κ1) is 16.2. The molecule has 0 bridgehead atoms. The second-order valence-corrected chi connectivity index (χ2v) is 7.10. The van der Waals surface area contributed by atoms with E-state index >= 15 is 0 Å². The Labute approximate surface area is 148 Å². The van der Waals surface area contributed by atoms with Gasteiger partial charge in [0, 0.05) is 37.4 Å². The first-order chi connectivity index (χ1) is 12.3. The third-order valence-electron chi connectivity index (χ3n) is 5.64. The number of carbonyl (C=O) groups is 1. The molecule has 5 heteroatoms. The molecule has 2 aromatic rings. The summed E-state index contributed by atoms with van der Waals surface area (Å²) in [6.45, 7) is 1.79. The van der Waals surface area contributed by atoms with Crippen molar-refractivity contribution in [3.8, 4) is 0 Å². The molecule has 1 amide bonds. The lowest BCUT2D eigenvalue weighted by Crippen LogP contribution is -2.48. The van der Waals surface area contributed by atoms with Crippen molar-refractivity contribution in [1.29, 1.82) is 0 Å². The van der Waals surface area contributed by atoms with Crippen LogP contribution in [-0.4, -0.2) is 57.9 Å². The highest BCUT2D eigenvalue weighted by Crippen LogP contribution is 2.39. The van der Waals surface area contributed by atoms with Crippen molar-refractivity contribution in [2.24, 2.45) is 0 Å². The number of aromatic nitrogens is 2. The number of likely N-dealkylation sites (N-methyl/N-ethyl adjacent to an activating group) is 1. The largest absolute Gasteiger partial charge is 0.332 e. The monoisotopic (exact) mass is 336 g/mol. The maximum atomic E-state index is 13.2. The molecule has 2 saturated heterocycles. The Balaban J connectivity index is 1.71. The standard InChI is InChI=1S/C20H24N4O/c1-23-14-16(15-7-3-2-4-8-15)19-18(23)9-5-6-12-24(19)20(25)17-13-21-10-11-22-17/h2-4,7-8,10-11,13,16,18-19H,5-6,9,12,14H2,1H3/t16-,18-,19-/m0/s1. The van der Waals surface area contributed by atoms with Gasteiger partial charge >= 0.3 is 0 Å². The Hall–Kier alpha value is -2.27. The molecule has 2 aliphatic heterocycles. The summed E-state index contributed by atoms with van der Waals surface area (Å²) in [4.78, 5) is 26.0. The fourth-order valence-electron chi connectivity index (χ4n) is 4.48. The minimum atomic E-state index is 0.0150. The summed E-state index contributed by atoms with van der Waals surface area (Å²) in [7, 11) is 2.19. The van der Waals surface area contributed by atoms with Crippen LogP contribution in [0, 0.1) is 0 Å². The van der Waals surface area contributed by atoms with Gasteiger partial charge < -0.3 is 9.80 Å². The van der Waals surface area contributed by atoms with Crippen molar-refractivity contribution >= 4 is 5.91 Å². The zero-order valence-electron chi connectivity index (χ0n) is 14.6. The van der Waals surface area contributed by atoms with Gasteiger partial charge in [0.15, 0.2) is 0 Å². The first-order valence-corrected chi connectivity index (χ1v) is 9.08. The number of fused-ring (bicyclic) bond motifs is 1. The lowest BCUT2D eigenvalue weighted by molar-refractivity contribution is 0.0638. The van der Waals surface area contributed by atoms with Gasteiger partial charge in [-0.25, -0.2) is 4.98 Å². The molecule has 4 rings (SSSR count). The average Bonchev–Trinajstić information content (AvgIpc) is 2.85. The molecule has 25 heavy (non-hydrogen) atoms. The third-order valence-corrected chi connectivity index (χ3v) is 5.64. The molecule has 0 spiro atoms. The van der Waals surface area contributed by atoms with Crippen LogP contribution >= 0.6 is 0 Å². The number of hydrogen-bond donors (Lipinski definition) is 0. The quantitative estimate of drug-likeness (QED) is 0.846. The molecule has 130 valence electrons. The van der Waals surface area contributed by atoms with Gasteiger partial charge in [-0.1, -0.05) is 36.8 Å². The van der Waals surface area contributed by atoms with Gasteiger partial charge in [0.2, 0.25) is 0 Å². The average molecular weight is 336 g/mol. The van der Waals surface area contributed by atoms with Gasteiger partial charge in [0.25, 0.3) is 5.91 Å². The van der Waals surface area contributed by atoms with Crippen LogP contribution in [0.4, 0.5) is 0 Å². The molecule has 0 N–H and O–H groups in total. The van der Waals surface area contributed by atoms with E-state index in [2.05, 4.69) is 57.1 Å². The number of nitrogens with zero attached hydrogens (tertiary/aromatic N) is 4. The van der Waals surface area contributed by atoms with Crippen LogP contribution < -0.4 is 0 Å². The van der Waals surface area contributed by atoms with E-state index in [1.165, 1.54) is 5.56 Å². The van der Waals surface area contributed by atoms with Crippen LogP contribution in [0.5, 0.6) is 0 Å². The summed E-state index contributed by atoms with van der Waals surface area (Å²) in [6.07, 6.45) is 8.15. The highest BCUT2D eigenvalue weighted by atomic mass is 16.2. The SMILES string of the molecule is CN1C[C@@H](c2ccccc2)[C@H]2[C@@H]1CCCCN2C(=O)c1cnccn1. The molecule has 0 radical (unpaired) electrons. The van der Waals surface area contributed by atoms with E-state index < -0.39 is 0 Å². The minimum absolute atomic E-state index is 0.0150. The van der Waals surface area contributed by atoms with Crippen molar-refractivity contribution in [2.45, 2.75) is 37.3 Å². The molecule has 1 aromatic heterocycles. The van der Waals surface area contributed by atoms with Crippen molar-refractivity contribution in [3.05, 3.63) is 60.2 Å². The van der Waals surface area contributed by atoms with Gasteiger partial charge in [0.1, 0.15) is 5.69 Å². The Bertz CT molecular complexity index is 721. The Morgan fingerprint density at radius 3 is 2.76 bits per heavy atom. The van der Waals surface area contributed by atoms with Gasteiger partial charge in [-0.15, -0.1) is 0 Å². The third kappa shape index (κ3) is 3.04. The van der Waals surface area contributed by atoms with E-state index in [0.717, 1.165) is 32.4 Å².